The Kier molecular flexibility index (Phi) is 3.84. The summed E-state index contributed by atoms with van der Waals surface area (Å²) in [4.78, 5) is 16.2. The molecule has 1 aromatic rings. The number of aliphatic imine (C=N–C) groups is 1. The minimum absolute atomic E-state index is 0.0226. The third kappa shape index (κ3) is 3.53. The molecule has 0 saturated carbocycles. The number of carbonyl (C=O) groups excluding carboxylic acids is 1. The molecule has 0 heterocycles. The van der Waals surface area contributed by atoms with Gasteiger partial charge in [-0.1, -0.05) is 44.2 Å². The molecule has 3 nitrogen and oxygen atoms in total. The number of nitrogens with zero attached hydrogens (tertiary/aromatic N) is 1. The molecule has 0 spiro atoms. The second-order valence-corrected chi connectivity index (χ2v) is 5.76. The maximum atomic E-state index is 12.0. The average Bonchev–Trinajstić information content (AvgIpc) is 2.32. The molecule has 0 amide bonds. The molecular formula is C16H19NO2. The molecule has 0 saturated heterocycles. The molecule has 0 radical (unpaired) electrons. The van der Waals surface area contributed by atoms with Crippen molar-refractivity contribution in [2.45, 2.75) is 33.2 Å². The fraction of sp³-hybridized carbons (Fsp3) is 0.375. The molecule has 100 valence electrons. The highest BCUT2D eigenvalue weighted by molar-refractivity contribution is 6.14. The van der Waals surface area contributed by atoms with Crippen molar-refractivity contribution in [2.24, 2.45) is 10.4 Å². The zero-order valence-corrected chi connectivity index (χ0v) is 11.4. The highest BCUT2D eigenvalue weighted by Gasteiger charge is 2.32. The minimum atomic E-state index is -0.155. The van der Waals surface area contributed by atoms with E-state index in [4.69, 9.17) is 0 Å². The number of allylic oxidation sites excluding steroid dienone is 2. The van der Waals surface area contributed by atoms with Gasteiger partial charge in [-0.25, -0.2) is 0 Å². The van der Waals surface area contributed by atoms with Crippen LogP contribution in [0.4, 0.5) is 0 Å². The first-order valence-corrected chi connectivity index (χ1v) is 6.47. The summed E-state index contributed by atoms with van der Waals surface area (Å²) >= 11 is 0. The van der Waals surface area contributed by atoms with Crippen molar-refractivity contribution in [3.63, 3.8) is 0 Å². The molecule has 1 N–H and O–H groups in total. The van der Waals surface area contributed by atoms with Gasteiger partial charge >= 0.3 is 0 Å². The van der Waals surface area contributed by atoms with E-state index in [9.17, 15) is 9.90 Å². The number of Topliss-reactive ketones (excluding diaryl/α,β-unsaturated/α-hetero) is 1. The van der Waals surface area contributed by atoms with Crippen LogP contribution in [0.25, 0.3) is 0 Å². The first-order valence-electron chi connectivity index (χ1n) is 6.47. The summed E-state index contributed by atoms with van der Waals surface area (Å²) in [6.45, 7) is 4.49. The molecule has 0 aliphatic heterocycles. The molecule has 1 aliphatic rings. The van der Waals surface area contributed by atoms with Crippen LogP contribution in [-0.2, 0) is 11.3 Å². The molecule has 2 rings (SSSR count). The lowest BCUT2D eigenvalue weighted by Gasteiger charge is -2.28. The SMILES string of the molecule is CC1(C)CC(=O)C(C=NCc2ccccc2)=C(O)C1. The summed E-state index contributed by atoms with van der Waals surface area (Å²) in [5, 5.41) is 9.94. The van der Waals surface area contributed by atoms with Crippen molar-refractivity contribution in [1.29, 1.82) is 0 Å². The summed E-state index contributed by atoms with van der Waals surface area (Å²) in [5.74, 6) is 0.142. The third-order valence-corrected chi connectivity index (χ3v) is 3.23. The van der Waals surface area contributed by atoms with Gasteiger partial charge in [-0.2, -0.15) is 0 Å². The Hall–Kier alpha value is -1.90. The van der Waals surface area contributed by atoms with Crippen molar-refractivity contribution >= 4 is 12.0 Å². The molecule has 0 unspecified atom stereocenters. The zero-order chi connectivity index (χ0) is 13.9. The lowest BCUT2D eigenvalue weighted by atomic mass is 9.77. The second kappa shape index (κ2) is 5.39. The summed E-state index contributed by atoms with van der Waals surface area (Å²) in [5.41, 5.74) is 1.30. The fourth-order valence-electron chi connectivity index (χ4n) is 2.27. The summed E-state index contributed by atoms with van der Waals surface area (Å²) < 4.78 is 0. The van der Waals surface area contributed by atoms with Crippen molar-refractivity contribution < 1.29 is 9.90 Å². The predicted octanol–water partition coefficient (Wildman–Crippen LogP) is 3.46. The number of ketones is 1. The van der Waals surface area contributed by atoms with Gasteiger partial charge in [-0.05, 0) is 11.0 Å². The van der Waals surface area contributed by atoms with Gasteiger partial charge in [-0.15, -0.1) is 0 Å². The standard InChI is InChI=1S/C16H19NO2/c1-16(2)8-14(18)13(15(19)9-16)11-17-10-12-6-4-3-5-7-12/h3-7,11,18H,8-10H2,1-2H3. The molecule has 3 heteroatoms. The number of benzene rings is 1. The Labute approximate surface area is 113 Å². The van der Waals surface area contributed by atoms with Gasteiger partial charge in [-0.3, -0.25) is 9.79 Å². The van der Waals surface area contributed by atoms with Crippen LogP contribution in [0.15, 0.2) is 46.7 Å². The van der Waals surface area contributed by atoms with Gasteiger partial charge in [0.05, 0.1) is 12.1 Å². The van der Waals surface area contributed by atoms with E-state index < -0.39 is 0 Å². The Morgan fingerprint density at radius 2 is 1.95 bits per heavy atom. The largest absolute Gasteiger partial charge is 0.511 e. The van der Waals surface area contributed by atoms with Crippen LogP contribution in [0.2, 0.25) is 0 Å². The number of aliphatic hydroxyl groups excluding tert-OH is 1. The maximum Gasteiger partial charge on any atom is 0.168 e. The van der Waals surface area contributed by atoms with E-state index in [-0.39, 0.29) is 17.0 Å². The summed E-state index contributed by atoms with van der Waals surface area (Å²) in [6.07, 6.45) is 2.51. The first kappa shape index (κ1) is 13.5. The van der Waals surface area contributed by atoms with E-state index in [1.54, 1.807) is 0 Å². The quantitative estimate of drug-likeness (QED) is 0.843. The predicted molar refractivity (Wildman–Crippen MR) is 76.3 cm³/mol. The monoisotopic (exact) mass is 257 g/mol. The van der Waals surface area contributed by atoms with E-state index in [2.05, 4.69) is 4.99 Å². The smallest absolute Gasteiger partial charge is 0.168 e. The van der Waals surface area contributed by atoms with E-state index >= 15 is 0 Å². The van der Waals surface area contributed by atoms with Crippen LogP contribution in [0.5, 0.6) is 0 Å². The Balaban J connectivity index is 2.08. The lowest BCUT2D eigenvalue weighted by Crippen LogP contribution is -2.26. The van der Waals surface area contributed by atoms with Crippen LogP contribution in [0.3, 0.4) is 0 Å². The minimum Gasteiger partial charge on any atom is -0.511 e. The van der Waals surface area contributed by atoms with Gasteiger partial charge in [0.25, 0.3) is 0 Å². The lowest BCUT2D eigenvalue weighted by molar-refractivity contribution is -0.117. The number of carbonyl (C=O) groups is 1. The molecule has 1 aliphatic carbocycles. The Morgan fingerprint density at radius 3 is 2.58 bits per heavy atom. The zero-order valence-electron chi connectivity index (χ0n) is 11.4. The van der Waals surface area contributed by atoms with Crippen LogP contribution < -0.4 is 0 Å². The highest BCUT2D eigenvalue weighted by atomic mass is 16.3. The van der Waals surface area contributed by atoms with Gasteiger partial charge in [0, 0.05) is 19.1 Å². The number of aliphatic hydroxyl groups is 1. The Bertz CT molecular complexity index is 527. The number of rotatable bonds is 3. The van der Waals surface area contributed by atoms with Gasteiger partial charge in [0.15, 0.2) is 5.78 Å². The third-order valence-electron chi connectivity index (χ3n) is 3.23. The van der Waals surface area contributed by atoms with Crippen molar-refractivity contribution in [3.05, 3.63) is 47.2 Å². The molecule has 1 aromatic carbocycles. The van der Waals surface area contributed by atoms with Crippen molar-refractivity contribution in [3.8, 4) is 0 Å². The molecule has 0 atom stereocenters. The highest BCUT2D eigenvalue weighted by Crippen LogP contribution is 2.35. The molecule has 0 bridgehead atoms. The van der Waals surface area contributed by atoms with Crippen molar-refractivity contribution in [2.75, 3.05) is 0 Å². The van der Waals surface area contributed by atoms with Gasteiger partial charge in [0.2, 0.25) is 0 Å². The maximum absolute atomic E-state index is 12.0. The fourth-order valence-corrected chi connectivity index (χ4v) is 2.27. The van der Waals surface area contributed by atoms with E-state index in [1.807, 2.05) is 44.2 Å². The topological polar surface area (TPSA) is 49.7 Å². The summed E-state index contributed by atoms with van der Waals surface area (Å²) in [7, 11) is 0. The number of hydrogen-bond acceptors (Lipinski definition) is 3. The van der Waals surface area contributed by atoms with Gasteiger partial charge < -0.3 is 5.11 Å². The van der Waals surface area contributed by atoms with E-state index in [1.165, 1.54) is 6.21 Å². The van der Waals surface area contributed by atoms with Crippen LogP contribution in [-0.4, -0.2) is 17.1 Å². The van der Waals surface area contributed by atoms with Crippen molar-refractivity contribution in [1.82, 2.24) is 0 Å². The number of hydrogen-bond donors (Lipinski definition) is 1. The first-order chi connectivity index (χ1) is 8.98. The van der Waals surface area contributed by atoms with Crippen LogP contribution in [0, 0.1) is 5.41 Å². The summed E-state index contributed by atoms with van der Waals surface area (Å²) in [6, 6.07) is 9.83. The average molecular weight is 257 g/mol. The van der Waals surface area contributed by atoms with E-state index in [0.717, 1.165) is 5.56 Å². The van der Waals surface area contributed by atoms with Crippen LogP contribution >= 0.6 is 0 Å². The molecule has 0 aromatic heterocycles. The van der Waals surface area contributed by atoms with E-state index in [0.29, 0.717) is 25.0 Å². The molecule has 0 fully saturated rings. The normalized spacial score (nSPS) is 19.2. The molecule has 19 heavy (non-hydrogen) atoms. The van der Waals surface area contributed by atoms with Crippen LogP contribution in [0.1, 0.15) is 32.3 Å². The second-order valence-electron chi connectivity index (χ2n) is 5.76. The molecular weight excluding hydrogens is 238 g/mol. The van der Waals surface area contributed by atoms with Gasteiger partial charge in [0.1, 0.15) is 5.76 Å². The Morgan fingerprint density at radius 1 is 1.26 bits per heavy atom.